The van der Waals surface area contributed by atoms with Gasteiger partial charge >= 0.3 is 0 Å². The Morgan fingerprint density at radius 2 is 2.19 bits per heavy atom. The smallest absolute Gasteiger partial charge is 0.103 e. The number of hydrogen-bond donors (Lipinski definition) is 0. The number of fused-ring (bicyclic) bond motifs is 2. The first kappa shape index (κ1) is 10.2. The third kappa shape index (κ3) is 1.55. The summed E-state index contributed by atoms with van der Waals surface area (Å²) in [6.45, 7) is 2.13. The highest BCUT2D eigenvalue weighted by molar-refractivity contribution is 5.24. The Morgan fingerprint density at radius 1 is 1.31 bits per heavy atom. The summed E-state index contributed by atoms with van der Waals surface area (Å²) in [7, 11) is 0. The van der Waals surface area contributed by atoms with Crippen LogP contribution < -0.4 is 0 Å². The quantitative estimate of drug-likeness (QED) is 0.742. The molecule has 2 aliphatic carbocycles. The van der Waals surface area contributed by atoms with Crippen molar-refractivity contribution in [2.24, 2.45) is 11.8 Å². The molecule has 2 fully saturated rings. The largest absolute Gasteiger partial charge is 0.261 e. The van der Waals surface area contributed by atoms with Crippen LogP contribution in [0.1, 0.15) is 43.4 Å². The second-order valence-electron chi connectivity index (χ2n) is 5.28. The Hall–Kier alpha value is -0.920. The third-order valence-corrected chi connectivity index (χ3v) is 4.40. The van der Waals surface area contributed by atoms with Crippen LogP contribution in [0.4, 0.5) is 4.39 Å². The van der Waals surface area contributed by atoms with Crippen LogP contribution in [0, 0.1) is 11.8 Å². The zero-order chi connectivity index (χ0) is 11.1. The first-order chi connectivity index (χ1) is 7.78. The lowest BCUT2D eigenvalue weighted by Crippen LogP contribution is -2.17. The summed E-state index contributed by atoms with van der Waals surface area (Å²) in [5, 5.41) is 0. The van der Waals surface area contributed by atoms with E-state index in [0.717, 1.165) is 31.4 Å². The van der Waals surface area contributed by atoms with Crippen molar-refractivity contribution in [2.75, 3.05) is 0 Å². The molecule has 2 aliphatic rings. The van der Waals surface area contributed by atoms with Crippen LogP contribution in [0.25, 0.3) is 0 Å². The molecular formula is C14H18FN. The summed E-state index contributed by atoms with van der Waals surface area (Å²) in [4.78, 5) is 4.33. The maximum atomic E-state index is 13.4. The van der Waals surface area contributed by atoms with Crippen molar-refractivity contribution in [1.82, 2.24) is 4.98 Å². The minimum Gasteiger partial charge on any atom is -0.261 e. The summed E-state index contributed by atoms with van der Waals surface area (Å²) in [6.07, 6.45) is 5.33. The van der Waals surface area contributed by atoms with Crippen molar-refractivity contribution in [3.63, 3.8) is 0 Å². The fourth-order valence-corrected chi connectivity index (χ4v) is 3.53. The molecular weight excluding hydrogens is 201 g/mol. The van der Waals surface area contributed by atoms with Gasteiger partial charge in [0, 0.05) is 11.9 Å². The van der Waals surface area contributed by atoms with Gasteiger partial charge in [-0.15, -0.1) is 0 Å². The highest BCUT2D eigenvalue weighted by Gasteiger charge is 2.46. The van der Waals surface area contributed by atoms with E-state index in [2.05, 4.69) is 24.0 Å². The van der Waals surface area contributed by atoms with E-state index >= 15 is 0 Å². The lowest BCUT2D eigenvalue weighted by Gasteiger charge is -2.24. The van der Waals surface area contributed by atoms with Crippen LogP contribution in [0.5, 0.6) is 0 Å². The van der Waals surface area contributed by atoms with Crippen LogP contribution in [0.15, 0.2) is 18.3 Å². The van der Waals surface area contributed by atoms with Crippen molar-refractivity contribution < 1.29 is 4.39 Å². The molecule has 16 heavy (non-hydrogen) atoms. The average molecular weight is 219 g/mol. The van der Waals surface area contributed by atoms with E-state index in [0.29, 0.717) is 17.8 Å². The predicted octanol–water partition coefficient (Wildman–Crippen LogP) is 3.50. The van der Waals surface area contributed by atoms with Crippen LogP contribution >= 0.6 is 0 Å². The highest BCUT2D eigenvalue weighted by atomic mass is 19.1. The van der Waals surface area contributed by atoms with Crippen molar-refractivity contribution in [3.05, 3.63) is 29.6 Å². The summed E-state index contributed by atoms with van der Waals surface area (Å²) in [5.74, 6) is 1.53. The first-order valence-corrected chi connectivity index (χ1v) is 6.36. The van der Waals surface area contributed by atoms with Gasteiger partial charge in [0.05, 0.1) is 0 Å². The lowest BCUT2D eigenvalue weighted by molar-refractivity contribution is 0.217. The summed E-state index contributed by atoms with van der Waals surface area (Å²) >= 11 is 0. The van der Waals surface area contributed by atoms with E-state index in [-0.39, 0.29) is 0 Å². The third-order valence-electron chi connectivity index (χ3n) is 4.40. The molecule has 0 radical (unpaired) electrons. The molecule has 3 rings (SSSR count). The van der Waals surface area contributed by atoms with Gasteiger partial charge in [0.2, 0.25) is 0 Å². The number of hydrogen-bond acceptors (Lipinski definition) is 1. The highest BCUT2D eigenvalue weighted by Crippen LogP contribution is 2.53. The number of aryl methyl sites for hydroxylation is 1. The molecule has 0 N–H and O–H groups in total. The molecule has 1 nitrogen and oxygen atoms in total. The Morgan fingerprint density at radius 3 is 2.81 bits per heavy atom. The first-order valence-electron chi connectivity index (χ1n) is 6.36. The van der Waals surface area contributed by atoms with Crippen LogP contribution in [-0.2, 0) is 6.42 Å². The van der Waals surface area contributed by atoms with Crippen LogP contribution in [0.2, 0.25) is 0 Å². The molecule has 2 heteroatoms. The van der Waals surface area contributed by atoms with Crippen molar-refractivity contribution in [3.8, 4) is 0 Å². The van der Waals surface area contributed by atoms with Gasteiger partial charge < -0.3 is 0 Å². The van der Waals surface area contributed by atoms with Gasteiger partial charge in [-0.2, -0.15) is 0 Å². The zero-order valence-electron chi connectivity index (χ0n) is 9.70. The number of rotatable bonds is 2. The lowest BCUT2D eigenvalue weighted by atomic mass is 9.83. The molecule has 1 aromatic rings. The molecule has 0 amide bonds. The molecule has 2 saturated carbocycles. The number of halogens is 1. The molecule has 2 bridgehead atoms. The van der Waals surface area contributed by atoms with Gasteiger partial charge in [0.25, 0.3) is 0 Å². The molecule has 86 valence electrons. The molecule has 0 spiro atoms. The minimum absolute atomic E-state index is 0.341. The Balaban J connectivity index is 1.83. The number of aromatic nitrogens is 1. The SMILES string of the molecule is CCc1cc(C2CC3CC2CC3F)ccn1. The molecule has 1 heterocycles. The fourth-order valence-electron chi connectivity index (χ4n) is 3.53. The summed E-state index contributed by atoms with van der Waals surface area (Å²) in [5.41, 5.74) is 2.56. The Bertz CT molecular complexity index is 388. The summed E-state index contributed by atoms with van der Waals surface area (Å²) < 4.78 is 13.4. The second-order valence-corrected chi connectivity index (χ2v) is 5.28. The number of alkyl halides is 1. The Kier molecular flexibility index (Phi) is 2.45. The monoisotopic (exact) mass is 219 g/mol. The predicted molar refractivity (Wildman–Crippen MR) is 62.1 cm³/mol. The van der Waals surface area contributed by atoms with E-state index in [4.69, 9.17) is 0 Å². The number of nitrogens with zero attached hydrogens (tertiary/aromatic N) is 1. The van der Waals surface area contributed by atoms with Gasteiger partial charge in [-0.05, 0) is 61.1 Å². The van der Waals surface area contributed by atoms with E-state index in [1.165, 1.54) is 5.56 Å². The van der Waals surface area contributed by atoms with Crippen LogP contribution in [0.3, 0.4) is 0 Å². The molecule has 0 aliphatic heterocycles. The van der Waals surface area contributed by atoms with E-state index in [1.54, 1.807) is 0 Å². The van der Waals surface area contributed by atoms with Gasteiger partial charge in [-0.3, -0.25) is 4.98 Å². The molecule has 0 aromatic carbocycles. The minimum atomic E-state index is -0.520. The van der Waals surface area contributed by atoms with Crippen molar-refractivity contribution >= 4 is 0 Å². The molecule has 4 unspecified atom stereocenters. The maximum absolute atomic E-state index is 13.4. The molecule has 0 saturated heterocycles. The van der Waals surface area contributed by atoms with E-state index < -0.39 is 6.17 Å². The van der Waals surface area contributed by atoms with Crippen molar-refractivity contribution in [2.45, 2.75) is 44.7 Å². The van der Waals surface area contributed by atoms with Gasteiger partial charge in [0.15, 0.2) is 0 Å². The average Bonchev–Trinajstić information content (AvgIpc) is 2.88. The zero-order valence-corrected chi connectivity index (χ0v) is 9.70. The standard InChI is InChI=1S/C14H18FN/c1-2-12-6-9(3-4-16-12)13-7-11-5-10(13)8-14(11)15/h3-4,6,10-11,13-14H,2,5,7-8H2,1H3. The number of pyridine rings is 1. The normalized spacial score (nSPS) is 36.9. The fraction of sp³-hybridized carbons (Fsp3) is 0.643. The van der Waals surface area contributed by atoms with Gasteiger partial charge in [0.1, 0.15) is 6.17 Å². The maximum Gasteiger partial charge on any atom is 0.103 e. The van der Waals surface area contributed by atoms with E-state index in [9.17, 15) is 4.39 Å². The van der Waals surface area contributed by atoms with Crippen molar-refractivity contribution in [1.29, 1.82) is 0 Å². The molecule has 1 aromatic heterocycles. The van der Waals surface area contributed by atoms with E-state index in [1.807, 2.05) is 6.20 Å². The summed E-state index contributed by atoms with van der Waals surface area (Å²) in [6, 6.07) is 4.34. The second kappa shape index (κ2) is 3.83. The molecule has 4 atom stereocenters. The topological polar surface area (TPSA) is 12.9 Å². The van der Waals surface area contributed by atoms with Gasteiger partial charge in [-0.25, -0.2) is 4.39 Å². The van der Waals surface area contributed by atoms with Crippen LogP contribution in [-0.4, -0.2) is 11.2 Å². The van der Waals surface area contributed by atoms with Gasteiger partial charge in [-0.1, -0.05) is 6.92 Å². The Labute approximate surface area is 96.1 Å².